The molecular formula is C12H18N2O3S. The van der Waals surface area contributed by atoms with E-state index in [2.05, 4.69) is 4.37 Å². The summed E-state index contributed by atoms with van der Waals surface area (Å²) in [7, 11) is 1.60. The molecule has 0 bridgehead atoms. The van der Waals surface area contributed by atoms with Gasteiger partial charge in [0.15, 0.2) is 0 Å². The molecule has 18 heavy (non-hydrogen) atoms. The third-order valence-electron chi connectivity index (χ3n) is 2.67. The number of carboxylic acids is 1. The number of carbonyl (C=O) groups is 2. The molecule has 0 spiro atoms. The Balaban J connectivity index is 2.87. The van der Waals surface area contributed by atoms with Gasteiger partial charge < -0.3 is 10.0 Å². The zero-order valence-corrected chi connectivity index (χ0v) is 11.9. The van der Waals surface area contributed by atoms with Crippen LogP contribution in [0.5, 0.6) is 0 Å². The van der Waals surface area contributed by atoms with Crippen LogP contribution in [0.4, 0.5) is 5.00 Å². The van der Waals surface area contributed by atoms with E-state index >= 15 is 0 Å². The number of rotatable bonds is 5. The van der Waals surface area contributed by atoms with E-state index in [1.165, 1.54) is 4.90 Å². The van der Waals surface area contributed by atoms with E-state index in [9.17, 15) is 9.59 Å². The summed E-state index contributed by atoms with van der Waals surface area (Å²) in [5, 5.41) is 9.52. The van der Waals surface area contributed by atoms with Gasteiger partial charge in [-0.2, -0.15) is 4.37 Å². The lowest BCUT2D eigenvalue weighted by molar-refractivity contribution is -0.118. The third kappa shape index (κ3) is 3.29. The fourth-order valence-corrected chi connectivity index (χ4v) is 2.39. The molecule has 0 aliphatic carbocycles. The highest BCUT2D eigenvalue weighted by Crippen LogP contribution is 2.28. The fourth-order valence-electron chi connectivity index (χ4n) is 1.53. The Labute approximate surface area is 111 Å². The zero-order valence-electron chi connectivity index (χ0n) is 11.1. The van der Waals surface area contributed by atoms with Crippen LogP contribution in [-0.4, -0.2) is 28.4 Å². The highest BCUT2D eigenvalue weighted by Gasteiger charge is 2.23. The molecule has 1 heterocycles. The van der Waals surface area contributed by atoms with E-state index in [-0.39, 0.29) is 11.5 Å². The maximum atomic E-state index is 11.9. The summed E-state index contributed by atoms with van der Waals surface area (Å²) < 4.78 is 4.00. The monoisotopic (exact) mass is 270 g/mol. The van der Waals surface area contributed by atoms with Crippen molar-refractivity contribution < 1.29 is 14.7 Å². The Morgan fingerprint density at radius 1 is 1.44 bits per heavy atom. The molecule has 0 saturated carbocycles. The predicted octanol–water partition coefficient (Wildman–Crippen LogP) is 2.55. The third-order valence-corrected chi connectivity index (χ3v) is 3.69. The van der Waals surface area contributed by atoms with Crippen LogP contribution in [0.1, 0.15) is 42.7 Å². The number of carboxylic acid groups (broad SMARTS) is 1. The van der Waals surface area contributed by atoms with Gasteiger partial charge in [-0.3, -0.25) is 4.79 Å². The number of hydrogen-bond acceptors (Lipinski definition) is 4. The Kier molecular flexibility index (Phi) is 4.84. The van der Waals surface area contributed by atoms with E-state index < -0.39 is 5.97 Å². The zero-order chi connectivity index (χ0) is 13.9. The average Bonchev–Trinajstić information content (AvgIpc) is 2.66. The lowest BCUT2D eigenvalue weighted by Crippen LogP contribution is -2.27. The molecule has 1 rings (SSSR count). The van der Waals surface area contributed by atoms with Crippen LogP contribution in [0.25, 0.3) is 0 Å². The number of carbonyl (C=O) groups excluding carboxylic acids is 1. The Hall–Kier alpha value is -1.43. The van der Waals surface area contributed by atoms with Crippen LogP contribution in [0, 0.1) is 12.8 Å². The Bertz CT molecular complexity index is 454. The summed E-state index contributed by atoms with van der Waals surface area (Å²) in [6.07, 6.45) is 1.22. The lowest BCUT2D eigenvalue weighted by Gasteiger charge is -2.16. The van der Waals surface area contributed by atoms with Crippen molar-refractivity contribution in [2.75, 3.05) is 11.9 Å². The highest BCUT2D eigenvalue weighted by molar-refractivity contribution is 7.11. The van der Waals surface area contributed by atoms with Gasteiger partial charge in [0.25, 0.3) is 0 Å². The van der Waals surface area contributed by atoms with Crippen molar-refractivity contribution in [3.8, 4) is 0 Å². The van der Waals surface area contributed by atoms with Gasteiger partial charge in [-0.25, -0.2) is 4.79 Å². The molecule has 100 valence electrons. The molecular weight excluding hydrogens is 252 g/mol. The van der Waals surface area contributed by atoms with Gasteiger partial charge in [0, 0.05) is 13.5 Å². The summed E-state index contributed by atoms with van der Waals surface area (Å²) in [6.45, 7) is 5.73. The second kappa shape index (κ2) is 5.95. The maximum absolute atomic E-state index is 11.9. The molecule has 6 heteroatoms. The highest BCUT2D eigenvalue weighted by atomic mass is 32.1. The van der Waals surface area contributed by atoms with Crippen molar-refractivity contribution in [2.24, 2.45) is 5.92 Å². The molecule has 0 radical (unpaired) electrons. The minimum Gasteiger partial charge on any atom is -0.478 e. The van der Waals surface area contributed by atoms with Crippen LogP contribution in [0.15, 0.2) is 0 Å². The van der Waals surface area contributed by atoms with E-state index in [1.807, 2.05) is 13.8 Å². The molecule has 1 aromatic rings. The normalized spacial score (nSPS) is 10.7. The number of nitrogens with zero attached hydrogens (tertiary/aromatic N) is 2. The van der Waals surface area contributed by atoms with Crippen molar-refractivity contribution in [1.29, 1.82) is 0 Å². The number of aryl methyl sites for hydroxylation is 1. The van der Waals surface area contributed by atoms with E-state index in [4.69, 9.17) is 5.11 Å². The first kappa shape index (κ1) is 14.6. The van der Waals surface area contributed by atoms with Crippen molar-refractivity contribution in [2.45, 2.75) is 33.6 Å². The SMILES string of the molecule is Cc1nsc(N(C)C(=O)CCC(C)C)c1C(=O)O. The van der Waals surface area contributed by atoms with Crippen molar-refractivity contribution in [3.63, 3.8) is 0 Å². The quantitative estimate of drug-likeness (QED) is 0.892. The van der Waals surface area contributed by atoms with Gasteiger partial charge in [-0.15, -0.1) is 0 Å². The standard InChI is InChI=1S/C12H18N2O3S/c1-7(2)5-6-9(15)14(4)11-10(12(16)17)8(3)13-18-11/h7H,5-6H2,1-4H3,(H,16,17). The molecule has 0 saturated heterocycles. The van der Waals surface area contributed by atoms with E-state index in [1.54, 1.807) is 14.0 Å². The molecule has 0 unspecified atom stereocenters. The largest absolute Gasteiger partial charge is 0.478 e. The van der Waals surface area contributed by atoms with Gasteiger partial charge in [0.2, 0.25) is 5.91 Å². The summed E-state index contributed by atoms with van der Waals surface area (Å²) in [5.74, 6) is -0.667. The summed E-state index contributed by atoms with van der Waals surface area (Å²) >= 11 is 1.05. The number of aromatic carboxylic acids is 1. The number of hydrogen-bond donors (Lipinski definition) is 1. The van der Waals surface area contributed by atoms with Crippen LogP contribution in [0.2, 0.25) is 0 Å². The summed E-state index contributed by atoms with van der Waals surface area (Å²) in [6, 6.07) is 0. The van der Waals surface area contributed by atoms with Crippen molar-refractivity contribution >= 4 is 28.4 Å². The topological polar surface area (TPSA) is 70.5 Å². The lowest BCUT2D eigenvalue weighted by atomic mass is 10.1. The molecule has 1 amide bonds. The van der Waals surface area contributed by atoms with Gasteiger partial charge in [-0.1, -0.05) is 13.8 Å². The van der Waals surface area contributed by atoms with Crippen molar-refractivity contribution in [3.05, 3.63) is 11.3 Å². The van der Waals surface area contributed by atoms with Gasteiger partial charge in [-0.05, 0) is 30.8 Å². The van der Waals surface area contributed by atoms with Crippen LogP contribution >= 0.6 is 11.5 Å². The molecule has 0 aromatic carbocycles. The average molecular weight is 270 g/mol. The second-order valence-electron chi connectivity index (χ2n) is 4.64. The first-order chi connectivity index (χ1) is 8.34. The van der Waals surface area contributed by atoms with Crippen LogP contribution < -0.4 is 4.90 Å². The maximum Gasteiger partial charge on any atom is 0.340 e. The number of aromatic nitrogens is 1. The minimum absolute atomic E-state index is 0.0742. The Morgan fingerprint density at radius 2 is 2.06 bits per heavy atom. The van der Waals surface area contributed by atoms with E-state index in [0.717, 1.165) is 18.0 Å². The molecule has 0 aliphatic heterocycles. The first-order valence-electron chi connectivity index (χ1n) is 5.80. The molecule has 0 fully saturated rings. The molecule has 0 atom stereocenters. The van der Waals surface area contributed by atoms with Crippen molar-refractivity contribution in [1.82, 2.24) is 4.37 Å². The first-order valence-corrected chi connectivity index (χ1v) is 6.58. The molecule has 5 nitrogen and oxygen atoms in total. The smallest absolute Gasteiger partial charge is 0.340 e. The van der Waals surface area contributed by atoms with Gasteiger partial charge in [0.05, 0.1) is 5.69 Å². The molecule has 0 aliphatic rings. The summed E-state index contributed by atoms with van der Waals surface area (Å²) in [5.41, 5.74) is 0.575. The Morgan fingerprint density at radius 3 is 2.56 bits per heavy atom. The summed E-state index contributed by atoms with van der Waals surface area (Å²) in [4.78, 5) is 24.5. The molecule has 1 N–H and O–H groups in total. The second-order valence-corrected chi connectivity index (χ2v) is 5.39. The van der Waals surface area contributed by atoms with E-state index in [0.29, 0.717) is 23.0 Å². The van der Waals surface area contributed by atoms with Gasteiger partial charge >= 0.3 is 5.97 Å². The molecule has 1 aromatic heterocycles. The number of anilines is 1. The van der Waals surface area contributed by atoms with Gasteiger partial charge in [0.1, 0.15) is 10.6 Å². The van der Waals surface area contributed by atoms with Crippen LogP contribution in [0.3, 0.4) is 0 Å². The predicted molar refractivity (Wildman–Crippen MR) is 71.3 cm³/mol. The van der Waals surface area contributed by atoms with Crippen LogP contribution in [-0.2, 0) is 4.79 Å². The fraction of sp³-hybridized carbons (Fsp3) is 0.583. The number of amides is 1. The minimum atomic E-state index is -1.04.